The summed E-state index contributed by atoms with van der Waals surface area (Å²) < 4.78 is 36.0. The third-order valence-electron chi connectivity index (χ3n) is 2.42. The van der Waals surface area contributed by atoms with E-state index in [2.05, 4.69) is 0 Å². The van der Waals surface area contributed by atoms with Gasteiger partial charge in [0.25, 0.3) is 0 Å². The topological polar surface area (TPSA) is 63.6 Å². The molecule has 1 N–H and O–H groups in total. The third-order valence-corrected chi connectivity index (χ3v) is 6.88. The summed E-state index contributed by atoms with van der Waals surface area (Å²) >= 11 is -5.20. The summed E-state index contributed by atoms with van der Waals surface area (Å²) in [6.07, 6.45) is 0. The van der Waals surface area contributed by atoms with Crippen LogP contribution in [0.15, 0.2) is 60.7 Å². The monoisotopic (exact) mass is 300 g/mol. The van der Waals surface area contributed by atoms with Crippen molar-refractivity contribution in [3.8, 4) is 0 Å². The average molecular weight is 300 g/mol. The molecule has 18 heavy (non-hydrogen) atoms. The standard InChI is InChI=1S/C12H11OSi.Cr.H2O.2O/c13-14(11-7-3-1-4-8-11)12-9-5-2-6-10-12;;;;/h1-10,14H;;1H2;;/q-1;+2;;;/p-1. The maximum atomic E-state index is 11.0. The van der Waals surface area contributed by atoms with Gasteiger partial charge in [-0.15, -0.1) is 0 Å². The van der Waals surface area contributed by atoms with Gasteiger partial charge in [-0.25, -0.2) is 0 Å². The van der Waals surface area contributed by atoms with E-state index in [0.717, 1.165) is 10.4 Å². The number of hydrogen-bond acceptors (Lipinski definition) is 3. The van der Waals surface area contributed by atoms with Gasteiger partial charge < -0.3 is 0 Å². The molecule has 4 nitrogen and oxygen atoms in total. The molecule has 0 radical (unpaired) electrons. The van der Waals surface area contributed by atoms with Crippen molar-refractivity contribution < 1.29 is 28.9 Å². The van der Waals surface area contributed by atoms with Crippen molar-refractivity contribution in [2.24, 2.45) is 0 Å². The van der Waals surface area contributed by atoms with Crippen molar-refractivity contribution in [2.75, 3.05) is 0 Å². The molecule has 2 aromatic carbocycles. The first-order valence-corrected chi connectivity index (χ1v) is 9.07. The summed E-state index contributed by atoms with van der Waals surface area (Å²) in [5.41, 5.74) is 0. The summed E-state index contributed by atoms with van der Waals surface area (Å²) in [5.74, 6) is 0. The van der Waals surface area contributed by atoms with E-state index < -0.39 is 22.7 Å². The molecule has 0 amide bonds. The molecule has 0 aliphatic heterocycles. The van der Waals surface area contributed by atoms with E-state index in [0.29, 0.717) is 0 Å². The van der Waals surface area contributed by atoms with Gasteiger partial charge in [0, 0.05) is 0 Å². The van der Waals surface area contributed by atoms with Crippen LogP contribution in [-0.2, 0) is 24.7 Å². The van der Waals surface area contributed by atoms with Gasteiger partial charge in [0.2, 0.25) is 0 Å². The van der Waals surface area contributed by atoms with Gasteiger partial charge in [-0.05, 0) is 0 Å². The van der Waals surface area contributed by atoms with Gasteiger partial charge in [-0.3, -0.25) is 0 Å². The van der Waals surface area contributed by atoms with E-state index in [9.17, 15) is 7.61 Å². The molecule has 0 aromatic heterocycles. The molecular weight excluding hydrogens is 288 g/mol. The Hall–Kier alpha value is -1.29. The van der Waals surface area contributed by atoms with Gasteiger partial charge in [-0.2, -0.15) is 0 Å². The Kier molecular flexibility index (Phi) is 4.07. The average Bonchev–Trinajstić information content (AvgIpc) is 2.37. The van der Waals surface area contributed by atoms with Crippen LogP contribution in [0.2, 0.25) is 0 Å². The van der Waals surface area contributed by atoms with E-state index in [1.807, 2.05) is 60.7 Å². The molecule has 0 saturated carbocycles. The molecule has 2 aromatic rings. The Morgan fingerprint density at radius 1 is 0.833 bits per heavy atom. The second-order valence-corrected chi connectivity index (χ2v) is 8.25. The van der Waals surface area contributed by atoms with E-state index in [4.69, 9.17) is 7.64 Å². The van der Waals surface area contributed by atoms with Crippen LogP contribution in [0, 0.1) is 0 Å². The molecule has 0 fully saturated rings. The van der Waals surface area contributed by atoms with Gasteiger partial charge in [0.05, 0.1) is 0 Å². The van der Waals surface area contributed by atoms with Crippen LogP contribution in [0.4, 0.5) is 0 Å². The first kappa shape index (κ1) is 13.1. The Labute approximate surface area is 109 Å². The predicted octanol–water partition coefficient (Wildman–Crippen LogP) is 0.208. The molecule has 0 heterocycles. The van der Waals surface area contributed by atoms with E-state index in [1.54, 1.807) is 0 Å². The zero-order chi connectivity index (χ0) is 13.0. The fourth-order valence-electron chi connectivity index (χ4n) is 1.68. The summed E-state index contributed by atoms with van der Waals surface area (Å²) in [5, 5.41) is 1.62. The second-order valence-electron chi connectivity index (χ2n) is 3.73. The van der Waals surface area contributed by atoms with Crippen LogP contribution >= 0.6 is 0 Å². The summed E-state index contributed by atoms with van der Waals surface area (Å²) in [7, 11) is -2.38. The van der Waals surface area contributed by atoms with Gasteiger partial charge in [0.1, 0.15) is 0 Å². The maximum absolute atomic E-state index is 11.0. The zero-order valence-corrected chi connectivity index (χ0v) is 11.9. The molecule has 0 saturated heterocycles. The van der Waals surface area contributed by atoms with Crippen LogP contribution in [0.3, 0.4) is 0 Å². The SMILES string of the molecule is [O]=[Cr](=[O])([OH])[O][SiH](c1ccccc1)c1ccccc1. The van der Waals surface area contributed by atoms with Crippen molar-refractivity contribution in [2.45, 2.75) is 0 Å². The second kappa shape index (κ2) is 5.57. The predicted molar refractivity (Wildman–Crippen MR) is 64.0 cm³/mol. The minimum atomic E-state index is -5.20. The van der Waals surface area contributed by atoms with Gasteiger partial charge >= 0.3 is 109 Å². The van der Waals surface area contributed by atoms with Crippen LogP contribution < -0.4 is 10.4 Å². The molecule has 0 spiro atoms. The fourth-order valence-corrected chi connectivity index (χ4v) is 5.86. The number of hydrogen-bond donors (Lipinski definition) is 1. The Morgan fingerprint density at radius 3 is 1.56 bits per heavy atom. The summed E-state index contributed by atoms with van der Waals surface area (Å²) in [4.78, 5) is 0. The van der Waals surface area contributed by atoms with Gasteiger partial charge in [-0.1, -0.05) is 0 Å². The quantitative estimate of drug-likeness (QED) is 0.820. The first-order chi connectivity index (χ1) is 8.56. The minimum absolute atomic E-state index is 0.811. The molecule has 2 rings (SSSR count). The van der Waals surface area contributed by atoms with Crippen LogP contribution in [0.1, 0.15) is 0 Å². The van der Waals surface area contributed by atoms with E-state index >= 15 is 0 Å². The van der Waals surface area contributed by atoms with Gasteiger partial charge in [0.15, 0.2) is 0 Å². The molecule has 0 bridgehead atoms. The normalized spacial score (nSPS) is 11.7. The van der Waals surface area contributed by atoms with Crippen LogP contribution in [0.5, 0.6) is 0 Å². The zero-order valence-electron chi connectivity index (χ0n) is 9.43. The summed E-state index contributed by atoms with van der Waals surface area (Å²) in [6, 6.07) is 18.2. The number of benzene rings is 2. The third kappa shape index (κ3) is 3.60. The van der Waals surface area contributed by atoms with E-state index in [-0.39, 0.29) is 0 Å². The van der Waals surface area contributed by atoms with Crippen molar-refractivity contribution in [3.05, 3.63) is 60.7 Å². The number of rotatable bonds is 4. The Morgan fingerprint density at radius 2 is 1.22 bits per heavy atom. The van der Waals surface area contributed by atoms with Crippen molar-refractivity contribution >= 4 is 19.4 Å². The summed E-state index contributed by atoms with van der Waals surface area (Å²) in [6.45, 7) is 0. The molecule has 0 aliphatic carbocycles. The molecule has 94 valence electrons. The first-order valence-electron chi connectivity index (χ1n) is 5.32. The molecular formula is C12H12CrO4Si. The van der Waals surface area contributed by atoms with Crippen molar-refractivity contribution in [1.29, 1.82) is 0 Å². The molecule has 0 atom stereocenters. The Bertz CT molecular complexity index is 559. The Balaban J connectivity index is 2.42. The van der Waals surface area contributed by atoms with Crippen LogP contribution in [0.25, 0.3) is 0 Å². The van der Waals surface area contributed by atoms with Crippen molar-refractivity contribution in [3.63, 3.8) is 0 Å². The molecule has 0 aliphatic rings. The van der Waals surface area contributed by atoms with Crippen LogP contribution in [-0.4, -0.2) is 13.2 Å². The van der Waals surface area contributed by atoms with Crippen molar-refractivity contribution in [1.82, 2.24) is 0 Å². The fraction of sp³-hybridized carbons (Fsp3) is 0. The molecule has 0 unspecified atom stereocenters. The van der Waals surface area contributed by atoms with E-state index in [1.165, 1.54) is 0 Å². The molecule has 6 heteroatoms.